The lowest BCUT2D eigenvalue weighted by atomic mass is 10.2. The van der Waals surface area contributed by atoms with E-state index in [9.17, 15) is 0 Å². The van der Waals surface area contributed by atoms with Crippen molar-refractivity contribution in [3.8, 4) is 0 Å². The van der Waals surface area contributed by atoms with Crippen molar-refractivity contribution in [1.29, 1.82) is 0 Å². The van der Waals surface area contributed by atoms with E-state index in [1.54, 1.807) is 0 Å². The molecule has 2 aromatic rings. The first-order chi connectivity index (χ1) is 13.5. The number of hydrogen-bond donors (Lipinski definition) is 2. The molecule has 150 valence electrons. The number of aliphatic imine (C=N–C) groups is 1. The van der Waals surface area contributed by atoms with Crippen molar-refractivity contribution >= 4 is 11.6 Å². The molecule has 1 fully saturated rings. The Bertz CT molecular complexity index is 772. The van der Waals surface area contributed by atoms with Crippen molar-refractivity contribution in [1.82, 2.24) is 15.5 Å². The average Bonchev–Trinajstić information content (AvgIpc) is 3.05. The molecule has 0 radical (unpaired) electrons. The van der Waals surface area contributed by atoms with E-state index in [4.69, 9.17) is 0 Å². The second kappa shape index (κ2) is 9.60. The van der Waals surface area contributed by atoms with Crippen LogP contribution in [0.5, 0.6) is 0 Å². The molecule has 28 heavy (non-hydrogen) atoms. The summed E-state index contributed by atoms with van der Waals surface area (Å²) in [5, 5.41) is 7.07. The first kappa shape index (κ1) is 20.2. The highest BCUT2D eigenvalue weighted by molar-refractivity contribution is 5.80. The zero-order valence-electron chi connectivity index (χ0n) is 17.5. The molecule has 2 N–H and O–H groups in total. The van der Waals surface area contributed by atoms with Crippen LogP contribution in [0, 0.1) is 0 Å². The van der Waals surface area contributed by atoms with E-state index < -0.39 is 0 Å². The van der Waals surface area contributed by atoms with Crippen LogP contribution in [-0.4, -0.2) is 50.6 Å². The lowest BCUT2D eigenvalue weighted by Crippen LogP contribution is -2.44. The van der Waals surface area contributed by atoms with Gasteiger partial charge in [0.25, 0.3) is 0 Å². The number of anilines is 1. The van der Waals surface area contributed by atoms with E-state index >= 15 is 0 Å². The Morgan fingerprint density at radius 3 is 2.57 bits per heavy atom. The zero-order chi connectivity index (χ0) is 19.9. The first-order valence-corrected chi connectivity index (χ1v) is 10.1. The van der Waals surface area contributed by atoms with Crippen molar-refractivity contribution in [2.45, 2.75) is 38.5 Å². The lowest BCUT2D eigenvalue weighted by molar-refractivity contribution is 0.258. The van der Waals surface area contributed by atoms with Gasteiger partial charge in [-0.25, -0.2) is 0 Å². The summed E-state index contributed by atoms with van der Waals surface area (Å²) in [7, 11) is 5.97. The van der Waals surface area contributed by atoms with Gasteiger partial charge in [0.05, 0.1) is 0 Å². The fourth-order valence-corrected chi connectivity index (χ4v) is 3.76. The highest BCUT2D eigenvalue weighted by Gasteiger charge is 2.29. The van der Waals surface area contributed by atoms with Crippen molar-refractivity contribution in [2.24, 2.45) is 4.99 Å². The number of nitrogens with one attached hydrogen (secondary N) is 2. The van der Waals surface area contributed by atoms with E-state index in [1.165, 1.54) is 16.8 Å². The molecule has 0 amide bonds. The maximum atomic E-state index is 4.42. The third kappa shape index (κ3) is 5.49. The molecule has 0 saturated carbocycles. The molecule has 0 aromatic heterocycles. The summed E-state index contributed by atoms with van der Waals surface area (Å²) in [5.41, 5.74) is 3.83. The zero-order valence-corrected chi connectivity index (χ0v) is 17.5. The molecule has 1 saturated heterocycles. The molecular formula is C23H33N5. The smallest absolute Gasteiger partial charge is 0.191 e. The molecule has 2 aromatic carbocycles. The Kier molecular flexibility index (Phi) is 6.93. The predicted molar refractivity (Wildman–Crippen MR) is 119 cm³/mol. The molecule has 3 rings (SSSR count). The van der Waals surface area contributed by atoms with Gasteiger partial charge in [0.2, 0.25) is 0 Å². The van der Waals surface area contributed by atoms with Gasteiger partial charge < -0.3 is 15.5 Å². The minimum Gasteiger partial charge on any atom is -0.378 e. The minimum absolute atomic E-state index is 0.415. The molecule has 2 unspecified atom stereocenters. The predicted octanol–water partition coefficient (Wildman–Crippen LogP) is 3.08. The van der Waals surface area contributed by atoms with Gasteiger partial charge >= 0.3 is 0 Å². The Balaban J connectivity index is 1.51. The molecule has 1 aliphatic heterocycles. The van der Waals surface area contributed by atoms with Crippen molar-refractivity contribution in [2.75, 3.05) is 32.6 Å². The van der Waals surface area contributed by atoms with Crippen LogP contribution in [0.3, 0.4) is 0 Å². The Morgan fingerprint density at radius 1 is 1.11 bits per heavy atom. The van der Waals surface area contributed by atoms with Crippen molar-refractivity contribution < 1.29 is 0 Å². The van der Waals surface area contributed by atoms with Crippen LogP contribution < -0.4 is 15.5 Å². The second-order valence-electron chi connectivity index (χ2n) is 7.83. The number of nitrogens with zero attached hydrogens (tertiary/aromatic N) is 3. The third-order valence-electron chi connectivity index (χ3n) is 5.38. The van der Waals surface area contributed by atoms with Gasteiger partial charge in [0.1, 0.15) is 0 Å². The number of rotatable bonds is 6. The maximum Gasteiger partial charge on any atom is 0.191 e. The Morgan fingerprint density at radius 2 is 1.86 bits per heavy atom. The molecular weight excluding hydrogens is 346 g/mol. The van der Waals surface area contributed by atoms with Crippen molar-refractivity contribution in [3.63, 3.8) is 0 Å². The summed E-state index contributed by atoms with van der Waals surface area (Å²) in [6.45, 7) is 5.11. The van der Waals surface area contributed by atoms with E-state index in [-0.39, 0.29) is 0 Å². The van der Waals surface area contributed by atoms with Crippen LogP contribution >= 0.6 is 0 Å². The topological polar surface area (TPSA) is 42.9 Å². The highest BCUT2D eigenvalue weighted by Crippen LogP contribution is 2.20. The summed E-state index contributed by atoms with van der Waals surface area (Å²) in [4.78, 5) is 9.09. The van der Waals surface area contributed by atoms with E-state index in [0.29, 0.717) is 12.1 Å². The standard InChI is InChI=1S/C23H33N5/c1-18-13-21(17-28(18)16-19-9-6-5-7-10-19)26-23(24-2)25-15-20-11-8-12-22(14-20)27(3)4/h5-12,14,18,21H,13,15-17H2,1-4H3,(H2,24,25,26). The largest absolute Gasteiger partial charge is 0.378 e. The first-order valence-electron chi connectivity index (χ1n) is 10.1. The maximum absolute atomic E-state index is 4.42. The number of likely N-dealkylation sites (tertiary alicyclic amines) is 1. The van der Waals surface area contributed by atoms with Gasteiger partial charge in [-0.05, 0) is 36.6 Å². The summed E-state index contributed by atoms with van der Waals surface area (Å²) in [6, 6.07) is 20.3. The van der Waals surface area contributed by atoms with Crippen LogP contribution in [0.2, 0.25) is 0 Å². The molecule has 5 nitrogen and oxygen atoms in total. The molecule has 1 aliphatic rings. The second-order valence-corrected chi connectivity index (χ2v) is 7.83. The lowest BCUT2D eigenvalue weighted by Gasteiger charge is -2.21. The SMILES string of the molecule is CN=C(NCc1cccc(N(C)C)c1)NC1CC(C)N(Cc2ccccc2)C1. The third-order valence-corrected chi connectivity index (χ3v) is 5.38. The number of benzene rings is 2. The Labute approximate surface area is 169 Å². The van der Waals surface area contributed by atoms with Gasteiger partial charge in [-0.15, -0.1) is 0 Å². The van der Waals surface area contributed by atoms with Gasteiger partial charge in [0, 0.05) is 58.5 Å². The van der Waals surface area contributed by atoms with Crippen LogP contribution in [0.15, 0.2) is 59.6 Å². The van der Waals surface area contributed by atoms with Gasteiger partial charge in [-0.1, -0.05) is 42.5 Å². The van der Waals surface area contributed by atoms with Gasteiger partial charge in [-0.2, -0.15) is 0 Å². The molecule has 1 heterocycles. The summed E-state index contributed by atoms with van der Waals surface area (Å²) < 4.78 is 0. The average molecular weight is 380 g/mol. The molecule has 5 heteroatoms. The highest BCUT2D eigenvalue weighted by atomic mass is 15.3. The van der Waals surface area contributed by atoms with E-state index in [0.717, 1.165) is 32.0 Å². The van der Waals surface area contributed by atoms with Gasteiger partial charge in [0.15, 0.2) is 5.96 Å². The number of hydrogen-bond acceptors (Lipinski definition) is 3. The van der Waals surface area contributed by atoms with E-state index in [2.05, 4.69) is 101 Å². The Hall–Kier alpha value is -2.53. The summed E-state index contributed by atoms with van der Waals surface area (Å²) in [6.07, 6.45) is 1.13. The number of guanidine groups is 1. The monoisotopic (exact) mass is 379 g/mol. The normalized spacial score (nSPS) is 20.2. The van der Waals surface area contributed by atoms with Crippen LogP contribution in [0.25, 0.3) is 0 Å². The molecule has 2 atom stereocenters. The molecule has 0 aliphatic carbocycles. The quantitative estimate of drug-likeness (QED) is 0.598. The van der Waals surface area contributed by atoms with Gasteiger partial charge in [-0.3, -0.25) is 9.89 Å². The van der Waals surface area contributed by atoms with E-state index in [1.807, 2.05) is 7.05 Å². The van der Waals surface area contributed by atoms with Crippen molar-refractivity contribution in [3.05, 3.63) is 65.7 Å². The fourth-order valence-electron chi connectivity index (χ4n) is 3.76. The molecule has 0 bridgehead atoms. The van der Waals surface area contributed by atoms with Crippen LogP contribution in [0.1, 0.15) is 24.5 Å². The minimum atomic E-state index is 0.415. The molecule has 0 spiro atoms. The van der Waals surface area contributed by atoms with Crippen LogP contribution in [0.4, 0.5) is 5.69 Å². The fraction of sp³-hybridized carbons (Fsp3) is 0.435. The summed E-state index contributed by atoms with van der Waals surface area (Å²) in [5.74, 6) is 0.869. The summed E-state index contributed by atoms with van der Waals surface area (Å²) >= 11 is 0. The van der Waals surface area contributed by atoms with Crippen LogP contribution in [-0.2, 0) is 13.1 Å².